The maximum absolute atomic E-state index is 6.08. The monoisotopic (exact) mass is 359 g/mol. The Hall–Kier alpha value is -0.740. The van der Waals surface area contributed by atoms with Crippen LogP contribution >= 0.6 is 39.1 Å². The molecule has 0 spiro atoms. The van der Waals surface area contributed by atoms with E-state index in [1.165, 1.54) is 5.56 Å². The Labute approximate surface area is 130 Å². The van der Waals surface area contributed by atoms with E-state index in [-0.39, 0.29) is 0 Å². The SMILES string of the molecule is CNCc1ccc(Oc2ccc(Cl)cc2Cl)c(Br)c1. The summed E-state index contributed by atoms with van der Waals surface area (Å²) in [5, 5.41) is 4.17. The lowest BCUT2D eigenvalue weighted by Crippen LogP contribution is -2.04. The van der Waals surface area contributed by atoms with Crippen molar-refractivity contribution < 1.29 is 4.74 Å². The molecule has 0 fully saturated rings. The van der Waals surface area contributed by atoms with Gasteiger partial charge in [0, 0.05) is 11.6 Å². The molecule has 1 N–H and O–H groups in total. The standard InChI is InChI=1S/C14H12BrCl2NO/c1-18-8-9-2-4-13(11(15)6-9)19-14-5-3-10(16)7-12(14)17/h2-7,18H,8H2,1H3. The molecule has 19 heavy (non-hydrogen) atoms. The van der Waals surface area contributed by atoms with Crippen LogP contribution in [-0.4, -0.2) is 7.05 Å². The molecule has 2 nitrogen and oxygen atoms in total. The molecule has 0 heterocycles. The predicted octanol–water partition coefficient (Wildman–Crippen LogP) is 5.27. The van der Waals surface area contributed by atoms with Crippen LogP contribution < -0.4 is 10.1 Å². The Bertz CT molecular complexity index is 590. The minimum Gasteiger partial charge on any atom is -0.455 e. The van der Waals surface area contributed by atoms with Gasteiger partial charge >= 0.3 is 0 Å². The maximum Gasteiger partial charge on any atom is 0.146 e. The molecule has 0 aliphatic heterocycles. The number of hydrogen-bond donors (Lipinski definition) is 1. The second kappa shape index (κ2) is 6.62. The molecular formula is C14H12BrCl2NO. The molecule has 0 saturated carbocycles. The first-order valence-electron chi connectivity index (χ1n) is 5.66. The molecule has 0 atom stereocenters. The highest BCUT2D eigenvalue weighted by Crippen LogP contribution is 2.35. The van der Waals surface area contributed by atoms with Gasteiger partial charge in [-0.2, -0.15) is 0 Å². The quantitative estimate of drug-likeness (QED) is 0.802. The number of benzene rings is 2. The van der Waals surface area contributed by atoms with E-state index in [1.807, 2.05) is 25.2 Å². The summed E-state index contributed by atoms with van der Waals surface area (Å²) in [6.45, 7) is 0.806. The van der Waals surface area contributed by atoms with Crippen LogP contribution in [0.2, 0.25) is 10.0 Å². The van der Waals surface area contributed by atoms with Crippen LogP contribution in [0.15, 0.2) is 40.9 Å². The molecule has 0 aromatic heterocycles. The van der Waals surface area contributed by atoms with Crippen molar-refractivity contribution in [3.05, 3.63) is 56.5 Å². The van der Waals surface area contributed by atoms with Crippen molar-refractivity contribution in [1.29, 1.82) is 0 Å². The summed E-state index contributed by atoms with van der Waals surface area (Å²) in [6, 6.07) is 11.1. The highest BCUT2D eigenvalue weighted by atomic mass is 79.9. The van der Waals surface area contributed by atoms with Gasteiger partial charge in [0.15, 0.2) is 0 Å². The minimum atomic E-state index is 0.485. The molecule has 0 aliphatic rings. The summed E-state index contributed by atoms with van der Waals surface area (Å²) in [5.74, 6) is 1.29. The summed E-state index contributed by atoms with van der Waals surface area (Å²) < 4.78 is 6.65. The molecule has 0 unspecified atom stereocenters. The van der Waals surface area contributed by atoms with Gasteiger partial charge in [0.1, 0.15) is 11.5 Å². The van der Waals surface area contributed by atoms with Gasteiger partial charge in [0.25, 0.3) is 0 Å². The molecule has 5 heteroatoms. The Balaban J connectivity index is 2.23. The van der Waals surface area contributed by atoms with Crippen LogP contribution in [0.25, 0.3) is 0 Å². The third kappa shape index (κ3) is 3.86. The zero-order chi connectivity index (χ0) is 13.8. The van der Waals surface area contributed by atoms with E-state index in [1.54, 1.807) is 18.2 Å². The van der Waals surface area contributed by atoms with Crippen LogP contribution in [0.3, 0.4) is 0 Å². The van der Waals surface area contributed by atoms with Crippen molar-refractivity contribution in [1.82, 2.24) is 5.32 Å². The van der Waals surface area contributed by atoms with Gasteiger partial charge in [0.2, 0.25) is 0 Å². The van der Waals surface area contributed by atoms with Crippen molar-refractivity contribution in [3.8, 4) is 11.5 Å². The lowest BCUT2D eigenvalue weighted by molar-refractivity contribution is 0.479. The average Bonchev–Trinajstić information content (AvgIpc) is 2.36. The van der Waals surface area contributed by atoms with Gasteiger partial charge in [0.05, 0.1) is 9.50 Å². The smallest absolute Gasteiger partial charge is 0.146 e. The fraction of sp³-hybridized carbons (Fsp3) is 0.143. The van der Waals surface area contributed by atoms with Gasteiger partial charge in [-0.1, -0.05) is 29.3 Å². The molecule has 2 rings (SSSR count). The van der Waals surface area contributed by atoms with E-state index in [9.17, 15) is 0 Å². The molecule has 0 radical (unpaired) electrons. The third-order valence-electron chi connectivity index (χ3n) is 2.49. The van der Waals surface area contributed by atoms with E-state index in [4.69, 9.17) is 27.9 Å². The Morgan fingerprint density at radius 1 is 1.11 bits per heavy atom. The van der Waals surface area contributed by atoms with Crippen molar-refractivity contribution in [2.75, 3.05) is 7.05 Å². The summed E-state index contributed by atoms with van der Waals surface area (Å²) in [5.41, 5.74) is 1.17. The first-order valence-corrected chi connectivity index (χ1v) is 7.21. The molecule has 0 amide bonds. The normalized spacial score (nSPS) is 10.5. The van der Waals surface area contributed by atoms with Crippen LogP contribution in [0.5, 0.6) is 11.5 Å². The topological polar surface area (TPSA) is 21.3 Å². The average molecular weight is 361 g/mol. The van der Waals surface area contributed by atoms with Crippen molar-refractivity contribution in [2.24, 2.45) is 0 Å². The molecule has 2 aromatic carbocycles. The van der Waals surface area contributed by atoms with E-state index in [0.29, 0.717) is 21.5 Å². The maximum atomic E-state index is 6.08. The van der Waals surface area contributed by atoms with Gasteiger partial charge in [-0.25, -0.2) is 0 Å². The fourth-order valence-electron chi connectivity index (χ4n) is 1.62. The lowest BCUT2D eigenvalue weighted by atomic mass is 10.2. The number of halogens is 3. The third-order valence-corrected chi connectivity index (χ3v) is 3.64. The molecule has 0 bridgehead atoms. The van der Waals surface area contributed by atoms with E-state index in [0.717, 1.165) is 11.0 Å². The number of hydrogen-bond acceptors (Lipinski definition) is 2. The number of rotatable bonds is 4. The molecule has 2 aromatic rings. The zero-order valence-electron chi connectivity index (χ0n) is 10.2. The van der Waals surface area contributed by atoms with E-state index >= 15 is 0 Å². The van der Waals surface area contributed by atoms with E-state index < -0.39 is 0 Å². The second-order valence-corrected chi connectivity index (χ2v) is 5.67. The number of nitrogens with one attached hydrogen (secondary N) is 1. The zero-order valence-corrected chi connectivity index (χ0v) is 13.3. The highest BCUT2D eigenvalue weighted by Gasteiger charge is 2.07. The predicted molar refractivity (Wildman–Crippen MR) is 83.4 cm³/mol. The van der Waals surface area contributed by atoms with Gasteiger partial charge in [-0.15, -0.1) is 0 Å². The first-order chi connectivity index (χ1) is 9.10. The van der Waals surface area contributed by atoms with Crippen molar-refractivity contribution >= 4 is 39.1 Å². The fourth-order valence-corrected chi connectivity index (χ4v) is 2.57. The van der Waals surface area contributed by atoms with Crippen LogP contribution in [0, 0.1) is 0 Å². The Kier molecular flexibility index (Phi) is 5.11. The second-order valence-electron chi connectivity index (χ2n) is 3.97. The Morgan fingerprint density at radius 3 is 2.47 bits per heavy atom. The van der Waals surface area contributed by atoms with Crippen molar-refractivity contribution in [2.45, 2.75) is 6.54 Å². The summed E-state index contributed by atoms with van der Waals surface area (Å²) in [6.07, 6.45) is 0. The van der Waals surface area contributed by atoms with Crippen molar-refractivity contribution in [3.63, 3.8) is 0 Å². The first kappa shape index (κ1) is 14.7. The van der Waals surface area contributed by atoms with Crippen LogP contribution in [-0.2, 0) is 6.54 Å². The van der Waals surface area contributed by atoms with E-state index in [2.05, 4.69) is 21.2 Å². The summed E-state index contributed by atoms with van der Waals surface area (Å²) in [7, 11) is 1.91. The summed E-state index contributed by atoms with van der Waals surface area (Å²) >= 11 is 15.4. The molecule has 0 aliphatic carbocycles. The van der Waals surface area contributed by atoms with Crippen LogP contribution in [0.1, 0.15) is 5.56 Å². The molecule has 100 valence electrons. The highest BCUT2D eigenvalue weighted by molar-refractivity contribution is 9.10. The summed E-state index contributed by atoms with van der Waals surface area (Å²) in [4.78, 5) is 0. The largest absolute Gasteiger partial charge is 0.455 e. The van der Waals surface area contributed by atoms with Gasteiger partial charge in [-0.05, 0) is 58.9 Å². The number of ether oxygens (including phenoxy) is 1. The van der Waals surface area contributed by atoms with Gasteiger partial charge in [-0.3, -0.25) is 0 Å². The van der Waals surface area contributed by atoms with Crippen LogP contribution in [0.4, 0.5) is 0 Å². The van der Waals surface area contributed by atoms with Gasteiger partial charge < -0.3 is 10.1 Å². The molecular weight excluding hydrogens is 349 g/mol. The molecule has 0 saturated heterocycles. The minimum absolute atomic E-state index is 0.485. The lowest BCUT2D eigenvalue weighted by Gasteiger charge is -2.10. The Morgan fingerprint density at radius 2 is 1.84 bits per heavy atom.